The van der Waals surface area contributed by atoms with Gasteiger partial charge in [-0.2, -0.15) is 0 Å². The van der Waals surface area contributed by atoms with E-state index in [4.69, 9.17) is 12.2 Å². The molecule has 0 spiro atoms. The predicted octanol–water partition coefficient (Wildman–Crippen LogP) is 2.81. The molecule has 1 aromatic rings. The Bertz CT molecular complexity index is 454. The van der Waals surface area contributed by atoms with E-state index in [2.05, 4.69) is 24.1 Å². The minimum Gasteiger partial charge on any atom is -0.480 e. The van der Waals surface area contributed by atoms with Gasteiger partial charge in [0, 0.05) is 13.2 Å². The van der Waals surface area contributed by atoms with Crippen LogP contribution in [0.5, 0.6) is 0 Å². The first kappa shape index (κ1) is 18.8. The van der Waals surface area contributed by atoms with Gasteiger partial charge in [-0.25, -0.2) is 0 Å². The van der Waals surface area contributed by atoms with Gasteiger partial charge in [0.2, 0.25) is 0 Å². The molecule has 0 radical (unpaired) electrons. The van der Waals surface area contributed by atoms with Gasteiger partial charge in [-0.1, -0.05) is 32.1 Å². The summed E-state index contributed by atoms with van der Waals surface area (Å²) in [6, 6.07) is 5.27. The molecule has 1 rings (SSSR count). The summed E-state index contributed by atoms with van der Waals surface area (Å²) >= 11 is 5.27. The van der Waals surface area contributed by atoms with E-state index in [9.17, 15) is 9.90 Å². The highest BCUT2D eigenvalue weighted by atomic mass is 35.5. The van der Waals surface area contributed by atoms with E-state index >= 15 is 0 Å². The van der Waals surface area contributed by atoms with Crippen LogP contribution in [0.4, 0.5) is 0 Å². The van der Waals surface area contributed by atoms with Gasteiger partial charge in [0.05, 0.1) is 10.7 Å². The van der Waals surface area contributed by atoms with E-state index in [1.165, 1.54) is 0 Å². The zero-order valence-electron chi connectivity index (χ0n) is 11.9. The maximum Gasteiger partial charge on any atom is 0.322 e. The molecule has 1 aromatic heterocycles. The highest BCUT2D eigenvalue weighted by molar-refractivity contribution is 7.80. The number of pyridine rings is 1. The van der Waals surface area contributed by atoms with Crippen LogP contribution in [0.1, 0.15) is 32.4 Å². The lowest BCUT2D eigenvalue weighted by molar-refractivity contribution is -0.141. The molecule has 0 saturated carbocycles. The van der Waals surface area contributed by atoms with Crippen LogP contribution in [0.15, 0.2) is 24.4 Å². The van der Waals surface area contributed by atoms with Crippen LogP contribution in [0, 0.1) is 5.92 Å². The Morgan fingerprint density at radius 2 is 2.15 bits per heavy atom. The Kier molecular flexibility index (Phi) is 7.68. The van der Waals surface area contributed by atoms with Crippen molar-refractivity contribution in [3.05, 3.63) is 30.1 Å². The van der Waals surface area contributed by atoms with Gasteiger partial charge in [0.25, 0.3) is 0 Å². The average molecular weight is 317 g/mol. The summed E-state index contributed by atoms with van der Waals surface area (Å²) in [6.07, 6.45) is 2.81. The van der Waals surface area contributed by atoms with Crippen molar-refractivity contribution in [2.45, 2.75) is 32.1 Å². The molecule has 0 aliphatic heterocycles. The van der Waals surface area contributed by atoms with Crippen LogP contribution in [0.2, 0.25) is 0 Å². The van der Waals surface area contributed by atoms with Crippen LogP contribution in [-0.4, -0.2) is 28.1 Å². The summed E-state index contributed by atoms with van der Waals surface area (Å²) in [5, 5.41) is 12.5. The van der Waals surface area contributed by atoms with Gasteiger partial charge in [0.15, 0.2) is 5.41 Å². The third-order valence-corrected chi connectivity index (χ3v) is 3.73. The maximum absolute atomic E-state index is 11.9. The molecule has 0 bridgehead atoms. The SMILES string of the molecule is CNC(=S)C(CCC(C)C)(C(=O)O)c1ccccn1.Cl. The van der Waals surface area contributed by atoms with Crippen molar-refractivity contribution in [3.63, 3.8) is 0 Å². The molecule has 0 fully saturated rings. The van der Waals surface area contributed by atoms with Gasteiger partial charge >= 0.3 is 5.97 Å². The smallest absolute Gasteiger partial charge is 0.322 e. The standard InChI is InChI=1S/C14H20N2O2S.ClH/c1-10(2)7-8-14(13(17)18,12(19)15-3)11-6-4-5-9-16-11;/h4-6,9-10H,7-8H2,1-3H3,(H,15,19)(H,17,18);1H. The van der Waals surface area contributed by atoms with Crippen molar-refractivity contribution >= 4 is 35.6 Å². The van der Waals surface area contributed by atoms with Gasteiger partial charge in [-0.15, -0.1) is 12.4 Å². The number of hydrogen-bond donors (Lipinski definition) is 2. The number of thiocarbonyl (C=S) groups is 1. The number of halogens is 1. The van der Waals surface area contributed by atoms with E-state index in [-0.39, 0.29) is 12.4 Å². The van der Waals surface area contributed by atoms with Crippen LogP contribution in [0.3, 0.4) is 0 Å². The third-order valence-electron chi connectivity index (χ3n) is 3.18. The molecule has 20 heavy (non-hydrogen) atoms. The number of carboxylic acid groups (broad SMARTS) is 1. The molecule has 1 heterocycles. The summed E-state index contributed by atoms with van der Waals surface area (Å²) in [6.45, 7) is 4.13. The minimum absolute atomic E-state index is 0. The molecule has 0 aliphatic rings. The zero-order valence-corrected chi connectivity index (χ0v) is 13.6. The van der Waals surface area contributed by atoms with Crippen LogP contribution >= 0.6 is 24.6 Å². The molecule has 2 N–H and O–H groups in total. The first-order chi connectivity index (χ1) is 8.95. The third kappa shape index (κ3) is 3.90. The molecule has 112 valence electrons. The van der Waals surface area contributed by atoms with Crippen LogP contribution in [0.25, 0.3) is 0 Å². The highest BCUT2D eigenvalue weighted by Crippen LogP contribution is 2.31. The number of hydrogen-bond acceptors (Lipinski definition) is 3. The second kappa shape index (κ2) is 8.17. The molecule has 0 aliphatic carbocycles. The molecular weight excluding hydrogens is 296 g/mol. The predicted molar refractivity (Wildman–Crippen MR) is 86.5 cm³/mol. The normalized spacial score (nSPS) is 13.2. The van der Waals surface area contributed by atoms with E-state index < -0.39 is 11.4 Å². The molecule has 0 aromatic carbocycles. The van der Waals surface area contributed by atoms with Gasteiger partial charge in [-0.3, -0.25) is 9.78 Å². The number of carboxylic acids is 1. The molecule has 1 unspecified atom stereocenters. The van der Waals surface area contributed by atoms with E-state index in [1.807, 2.05) is 0 Å². The Morgan fingerprint density at radius 1 is 1.50 bits per heavy atom. The first-order valence-corrected chi connectivity index (χ1v) is 6.73. The maximum atomic E-state index is 11.9. The molecule has 0 amide bonds. The number of nitrogens with one attached hydrogen (secondary N) is 1. The van der Waals surface area contributed by atoms with Crippen molar-refractivity contribution in [1.82, 2.24) is 10.3 Å². The van der Waals surface area contributed by atoms with Gasteiger partial charge in [0.1, 0.15) is 0 Å². The van der Waals surface area contributed by atoms with Crippen molar-refractivity contribution in [2.24, 2.45) is 5.92 Å². The second-order valence-electron chi connectivity index (χ2n) is 4.94. The Hall–Kier alpha value is -1.20. The monoisotopic (exact) mass is 316 g/mol. The average Bonchev–Trinajstić information content (AvgIpc) is 2.39. The summed E-state index contributed by atoms with van der Waals surface area (Å²) in [4.78, 5) is 16.4. The number of rotatable bonds is 6. The largest absolute Gasteiger partial charge is 0.480 e. The summed E-state index contributed by atoms with van der Waals surface area (Å²) < 4.78 is 0. The van der Waals surface area contributed by atoms with Crippen molar-refractivity contribution in [1.29, 1.82) is 0 Å². The first-order valence-electron chi connectivity index (χ1n) is 6.32. The topological polar surface area (TPSA) is 62.2 Å². The lowest BCUT2D eigenvalue weighted by Gasteiger charge is -2.30. The fraction of sp³-hybridized carbons (Fsp3) is 0.500. The Labute approximate surface area is 131 Å². The summed E-state index contributed by atoms with van der Waals surface area (Å²) in [5.74, 6) is -0.548. The van der Waals surface area contributed by atoms with Crippen molar-refractivity contribution in [3.8, 4) is 0 Å². The Balaban J connectivity index is 0.00000361. The molecule has 6 heteroatoms. The summed E-state index contributed by atoms with van der Waals surface area (Å²) in [5.41, 5.74) is -0.752. The van der Waals surface area contributed by atoms with Gasteiger partial charge < -0.3 is 10.4 Å². The number of aromatic nitrogens is 1. The molecule has 0 saturated heterocycles. The fourth-order valence-corrected chi connectivity index (χ4v) is 2.30. The fourth-order valence-electron chi connectivity index (χ4n) is 2.01. The lowest BCUT2D eigenvalue weighted by atomic mass is 9.77. The Morgan fingerprint density at radius 3 is 2.55 bits per heavy atom. The van der Waals surface area contributed by atoms with E-state index in [1.54, 1.807) is 31.4 Å². The number of nitrogens with zero attached hydrogens (tertiary/aromatic N) is 1. The van der Waals surface area contributed by atoms with Crippen LogP contribution in [-0.2, 0) is 10.2 Å². The van der Waals surface area contributed by atoms with Gasteiger partial charge in [-0.05, 0) is 30.9 Å². The molecular formula is C14H21ClN2O2S. The zero-order chi connectivity index (χ0) is 14.5. The molecule has 4 nitrogen and oxygen atoms in total. The second-order valence-corrected chi connectivity index (χ2v) is 5.35. The van der Waals surface area contributed by atoms with E-state index in [0.29, 0.717) is 23.0 Å². The molecule has 1 atom stereocenters. The van der Waals surface area contributed by atoms with E-state index in [0.717, 1.165) is 6.42 Å². The number of carbonyl (C=O) groups is 1. The van der Waals surface area contributed by atoms with Crippen LogP contribution < -0.4 is 5.32 Å². The lowest BCUT2D eigenvalue weighted by Crippen LogP contribution is -2.49. The highest BCUT2D eigenvalue weighted by Gasteiger charge is 2.45. The summed E-state index contributed by atoms with van der Waals surface area (Å²) in [7, 11) is 1.65. The van der Waals surface area contributed by atoms with Crippen molar-refractivity contribution in [2.75, 3.05) is 7.05 Å². The quantitative estimate of drug-likeness (QED) is 0.790. The minimum atomic E-state index is -1.24. The number of aliphatic carboxylic acids is 1. The number of likely N-dealkylation sites (N-methyl/N-ethyl adjacent to an activating group) is 1. The van der Waals surface area contributed by atoms with Crippen molar-refractivity contribution < 1.29 is 9.90 Å².